The minimum atomic E-state index is -0.699. The van der Waals surface area contributed by atoms with Crippen molar-refractivity contribution in [3.63, 3.8) is 0 Å². The fraction of sp³-hybridized carbons (Fsp3) is 0.176. The van der Waals surface area contributed by atoms with Crippen LogP contribution in [0.3, 0.4) is 0 Å². The third-order valence-corrected chi connectivity index (χ3v) is 21.7. The molecule has 0 aliphatic heterocycles. The Morgan fingerprint density at radius 1 is 0.336 bits per heavy atom. The van der Waals surface area contributed by atoms with E-state index in [4.69, 9.17) is 26.7 Å². The molecule has 3 aromatic heterocycles. The number of ether oxygens (including phenoxy) is 2. The molecule has 0 fully saturated rings. The maximum absolute atomic E-state index is 14.2. The lowest BCUT2D eigenvalue weighted by molar-refractivity contribution is -0.119. The normalized spacial score (nSPS) is 13.0. The zero-order valence-electron chi connectivity index (χ0n) is 66.8. The Morgan fingerprint density at radius 2 is 0.680 bits per heavy atom. The number of allylic oxidation sites excluding steroid dienone is 6. The van der Waals surface area contributed by atoms with Crippen LogP contribution in [0, 0.1) is 59.3 Å². The summed E-state index contributed by atoms with van der Waals surface area (Å²) < 4.78 is 138. The summed E-state index contributed by atoms with van der Waals surface area (Å²) in [6.07, 6.45) is 8.81. The average molecular weight is 1650 g/mol. The van der Waals surface area contributed by atoms with E-state index < -0.39 is 52.7 Å². The highest BCUT2D eigenvalue weighted by Gasteiger charge is 2.30. The summed E-state index contributed by atoms with van der Waals surface area (Å²) in [5.74, 6) is -4.18. The number of para-hydroxylation sites is 1. The first-order valence-corrected chi connectivity index (χ1v) is 40.1. The van der Waals surface area contributed by atoms with E-state index in [-0.39, 0.29) is 104 Å². The van der Waals surface area contributed by atoms with E-state index in [0.717, 1.165) is 107 Å². The number of hydrogen-bond acceptors (Lipinski definition) is 11. The Bertz CT molecular complexity index is 6130. The zero-order chi connectivity index (χ0) is 85.7. The van der Waals surface area contributed by atoms with Crippen molar-refractivity contribution in [3.8, 4) is 50.6 Å². The van der Waals surface area contributed by atoms with Gasteiger partial charge in [0.25, 0.3) is 0 Å². The highest BCUT2D eigenvalue weighted by molar-refractivity contribution is 5.95. The van der Waals surface area contributed by atoms with Crippen molar-refractivity contribution in [2.24, 2.45) is 0 Å². The van der Waals surface area contributed by atoms with Crippen LogP contribution in [0.25, 0.3) is 50.1 Å². The quantitative estimate of drug-likeness (QED) is 0.0396. The lowest BCUT2D eigenvalue weighted by Crippen LogP contribution is -2.14. The number of halogens is 9. The molecule has 0 amide bonds. The van der Waals surface area contributed by atoms with Crippen LogP contribution in [0.15, 0.2) is 267 Å². The Morgan fingerprint density at radius 3 is 1.05 bits per heavy atom. The van der Waals surface area contributed by atoms with Gasteiger partial charge >= 0.3 is 0 Å². The molecule has 3 aliphatic carbocycles. The molecular formula is C102H85F9N6O5. The number of anilines is 3. The monoisotopic (exact) mass is 1640 g/mol. The fourth-order valence-corrected chi connectivity index (χ4v) is 16.3. The number of aryl methyl sites for hydroxylation is 1. The third kappa shape index (κ3) is 21.8. The molecule has 6 N–H and O–H groups in total. The summed E-state index contributed by atoms with van der Waals surface area (Å²) in [6.45, 7) is 4.39. The van der Waals surface area contributed by atoms with Crippen molar-refractivity contribution in [1.29, 1.82) is 0 Å². The van der Waals surface area contributed by atoms with Crippen molar-refractivity contribution < 1.29 is 63.4 Å². The van der Waals surface area contributed by atoms with Crippen molar-refractivity contribution >= 4 is 51.5 Å². The lowest BCUT2D eigenvalue weighted by atomic mass is 9.85. The van der Waals surface area contributed by atoms with Crippen molar-refractivity contribution in [2.45, 2.75) is 109 Å². The number of nitrogens with zero attached hydrogens (tertiary/aromatic N) is 3. The molecule has 20 heteroatoms. The first kappa shape index (κ1) is 84.7. The Labute approximate surface area is 701 Å². The van der Waals surface area contributed by atoms with Crippen LogP contribution in [0.5, 0.6) is 17.2 Å². The standard InChI is InChI=1S/C37H29F3N2O2.C33H29F3N2O2.C32H27F3N2O/c38-28-11-8-25-6-7-26(35(25)22-28)19-31(43)20-27(16-23-17-29(39)21-30(40)18-23)37-34(14-15-36(41)42-37)24-9-12-33(13-10-24)44-32-4-2-1-3-5-32;1-2-40-29-5-3-4-22(17-29)30-10-11-32(37)38-33(30)24(12-20-13-26(35)18-27(36)14-20)16-28(39)15-23-7-6-21-8-9-25(34)19-31(21)23;1-19-3-2-4-22(11-19)29-9-10-31(36)37-32(29)24(12-20-13-26(34)17-27(35)14-20)16-28(38)15-23-6-5-21-7-8-25(33)18-30(21)23/h1-5,7-15,17-18,21-22,27H,6,16,19-20H2,(H2,41,42);3-5,7-11,13-14,17-19,24H,2,6,12,15-16H2,1H3,(H2,37,38);2-4,6-11,13-14,17-18,24H,5,12,15-16H2,1H3,(H2,36,37). The Balaban J connectivity index is 0.000000150. The van der Waals surface area contributed by atoms with E-state index in [0.29, 0.717) is 82.7 Å². The van der Waals surface area contributed by atoms with E-state index >= 15 is 0 Å². The predicted octanol–water partition coefficient (Wildman–Crippen LogP) is 23.7. The van der Waals surface area contributed by atoms with Gasteiger partial charge in [-0.3, -0.25) is 14.4 Å². The summed E-state index contributed by atoms with van der Waals surface area (Å²) in [5, 5.41) is 0. The van der Waals surface area contributed by atoms with Crippen molar-refractivity contribution in [3.05, 3.63) is 392 Å². The van der Waals surface area contributed by atoms with Crippen LogP contribution >= 0.6 is 0 Å². The van der Waals surface area contributed by atoms with Gasteiger partial charge in [-0.2, -0.15) is 0 Å². The lowest BCUT2D eigenvalue weighted by Gasteiger charge is -2.21. The Kier molecular flexibility index (Phi) is 26.8. The second kappa shape index (κ2) is 38.5. The summed E-state index contributed by atoms with van der Waals surface area (Å²) in [5.41, 5.74) is 34.7. The number of nitrogens with two attached hydrogens (primary N) is 3. The number of pyridine rings is 3. The molecule has 16 rings (SSSR count). The molecule has 3 unspecified atom stereocenters. The maximum Gasteiger partial charge on any atom is 0.137 e. The SMILES string of the molecule is CCOc1cccc(-c2ccc(N)nc2C(CC(=O)CC2=CCc3ccc(F)cc32)Cc2cc(F)cc(F)c2)c1.Cc1cccc(-c2ccc(N)nc2C(CC(=O)CC2=CCc3ccc(F)cc32)Cc2cc(F)cc(F)c2)c1.Nc1ccc(-c2ccc(Oc3ccccc3)cc2)c(C(CC(=O)CC2=CCc3ccc(F)cc32)Cc2cc(F)cc(F)c2)n1. The second-order valence-electron chi connectivity index (χ2n) is 30.8. The van der Waals surface area contributed by atoms with Crippen LogP contribution in [0.4, 0.5) is 57.0 Å². The highest BCUT2D eigenvalue weighted by atomic mass is 19.2. The van der Waals surface area contributed by atoms with Crippen LogP contribution in [-0.2, 0) is 52.9 Å². The topological polar surface area (TPSA) is 186 Å². The number of aromatic nitrogens is 3. The van der Waals surface area contributed by atoms with Gasteiger partial charge in [-0.15, -0.1) is 0 Å². The summed E-state index contributed by atoms with van der Waals surface area (Å²) >= 11 is 0. The molecule has 3 heterocycles. The molecule has 0 saturated carbocycles. The largest absolute Gasteiger partial charge is 0.494 e. The number of carbonyl (C=O) groups excluding carboxylic acids is 3. The molecule has 616 valence electrons. The minimum Gasteiger partial charge on any atom is -0.494 e. The maximum atomic E-state index is 14.2. The van der Waals surface area contributed by atoms with Gasteiger partial charge in [0, 0.05) is 91.2 Å². The number of nitrogen functional groups attached to an aromatic ring is 3. The zero-order valence-corrected chi connectivity index (χ0v) is 66.8. The molecule has 0 saturated heterocycles. The summed E-state index contributed by atoms with van der Waals surface area (Å²) in [7, 11) is 0. The van der Waals surface area contributed by atoms with Gasteiger partial charge in [0.05, 0.1) is 23.7 Å². The van der Waals surface area contributed by atoms with Crippen LogP contribution in [0.2, 0.25) is 0 Å². The average Bonchev–Trinajstić information content (AvgIpc) is 0.956. The van der Waals surface area contributed by atoms with Crippen molar-refractivity contribution in [2.75, 3.05) is 23.8 Å². The van der Waals surface area contributed by atoms with Crippen LogP contribution in [-0.4, -0.2) is 38.9 Å². The fourth-order valence-electron chi connectivity index (χ4n) is 16.3. The van der Waals surface area contributed by atoms with Crippen LogP contribution < -0.4 is 26.7 Å². The van der Waals surface area contributed by atoms with E-state index in [1.54, 1.807) is 36.4 Å². The molecule has 0 spiro atoms. The molecule has 13 aromatic rings. The predicted molar refractivity (Wildman–Crippen MR) is 460 cm³/mol. The summed E-state index contributed by atoms with van der Waals surface area (Å²) in [4.78, 5) is 54.5. The molecule has 0 bridgehead atoms. The number of ketones is 3. The summed E-state index contributed by atoms with van der Waals surface area (Å²) in [6, 6.07) is 66.8. The van der Waals surface area contributed by atoms with Gasteiger partial charge in [-0.25, -0.2) is 54.5 Å². The molecule has 122 heavy (non-hydrogen) atoms. The first-order chi connectivity index (χ1) is 58.8. The smallest absolute Gasteiger partial charge is 0.137 e. The van der Waals surface area contributed by atoms with Gasteiger partial charge in [0.15, 0.2) is 0 Å². The molecule has 0 radical (unpaired) electrons. The first-order valence-electron chi connectivity index (χ1n) is 40.1. The second-order valence-corrected chi connectivity index (χ2v) is 30.8. The van der Waals surface area contributed by atoms with Crippen molar-refractivity contribution in [1.82, 2.24) is 15.0 Å². The number of fused-ring (bicyclic) bond motifs is 3. The molecule has 3 atom stereocenters. The molecule has 10 aromatic carbocycles. The van der Waals surface area contributed by atoms with E-state index in [2.05, 4.69) is 15.0 Å². The van der Waals surface area contributed by atoms with Crippen LogP contribution in [0.1, 0.15) is 136 Å². The number of Topliss-reactive ketones (excluding diaryl/α,β-unsaturated/α-hetero) is 3. The minimum absolute atomic E-state index is 0.0405. The molecule has 11 nitrogen and oxygen atoms in total. The number of hydrogen-bond donors (Lipinski definition) is 3. The van der Waals surface area contributed by atoms with Gasteiger partial charge in [0.1, 0.15) is 104 Å². The van der Waals surface area contributed by atoms with Gasteiger partial charge in [-0.05, 0) is 281 Å². The highest BCUT2D eigenvalue weighted by Crippen LogP contribution is 2.42. The molecule has 3 aliphatic rings. The van der Waals surface area contributed by atoms with E-state index in [1.807, 2.05) is 153 Å². The van der Waals surface area contributed by atoms with Gasteiger partial charge in [-0.1, -0.05) is 109 Å². The van der Waals surface area contributed by atoms with E-state index in [9.17, 15) is 53.9 Å². The van der Waals surface area contributed by atoms with Gasteiger partial charge in [0.2, 0.25) is 0 Å². The number of carbonyl (C=O) groups is 3. The third-order valence-electron chi connectivity index (χ3n) is 21.7. The van der Waals surface area contributed by atoms with Gasteiger partial charge < -0.3 is 26.7 Å². The Hall–Kier alpha value is -13.8. The number of benzene rings is 10. The number of rotatable bonds is 28. The molecular weight excluding hydrogens is 1560 g/mol. The van der Waals surface area contributed by atoms with E-state index in [1.165, 1.54) is 72.8 Å².